The molecule has 1 aromatic rings. The van der Waals surface area contributed by atoms with E-state index in [0.29, 0.717) is 19.8 Å². The fraction of sp³-hybridized carbons (Fsp3) is 0.571. The van der Waals surface area contributed by atoms with Crippen LogP contribution in [0, 0.1) is 0 Å². The fourth-order valence-electron chi connectivity index (χ4n) is 1.51. The lowest BCUT2D eigenvalue weighted by atomic mass is 10.1. The van der Waals surface area contributed by atoms with Crippen molar-refractivity contribution in [3.8, 4) is 5.75 Å². The summed E-state index contributed by atoms with van der Waals surface area (Å²) < 4.78 is 10.6. The van der Waals surface area contributed by atoms with Gasteiger partial charge in [0, 0.05) is 6.61 Å². The molecule has 0 aromatic heterocycles. The third kappa shape index (κ3) is 5.27. The molecule has 0 aliphatic rings. The first kappa shape index (κ1) is 14.6. The fourth-order valence-corrected chi connectivity index (χ4v) is 1.51. The summed E-state index contributed by atoms with van der Waals surface area (Å²) >= 11 is 0. The molecule has 1 rings (SSSR count). The van der Waals surface area contributed by atoms with Crippen LogP contribution in [-0.4, -0.2) is 26.4 Å². The van der Waals surface area contributed by atoms with Crippen molar-refractivity contribution in [2.45, 2.75) is 26.8 Å². The van der Waals surface area contributed by atoms with E-state index in [1.165, 1.54) is 0 Å². The first-order valence-electron chi connectivity index (χ1n) is 6.45. The van der Waals surface area contributed by atoms with Crippen molar-refractivity contribution < 1.29 is 9.47 Å². The smallest absolute Gasteiger partial charge is 0.119 e. The molecular formula is C14H22N2O2. The monoisotopic (exact) mass is 250 g/mol. The molecule has 0 bridgehead atoms. The van der Waals surface area contributed by atoms with Gasteiger partial charge < -0.3 is 9.47 Å². The Balaban J connectivity index is 2.43. The average molecular weight is 250 g/mol. The molecule has 0 spiro atoms. The van der Waals surface area contributed by atoms with Crippen molar-refractivity contribution in [2.75, 3.05) is 26.4 Å². The van der Waals surface area contributed by atoms with Crippen LogP contribution in [-0.2, 0) is 4.74 Å². The highest BCUT2D eigenvalue weighted by atomic mass is 16.5. The van der Waals surface area contributed by atoms with E-state index in [1.54, 1.807) is 0 Å². The number of hydrogen-bond donors (Lipinski definition) is 0. The molecule has 1 atom stereocenters. The van der Waals surface area contributed by atoms with E-state index in [4.69, 9.17) is 9.47 Å². The molecule has 4 heteroatoms. The maximum Gasteiger partial charge on any atom is 0.119 e. The second-order valence-corrected chi connectivity index (χ2v) is 3.86. The van der Waals surface area contributed by atoms with Crippen molar-refractivity contribution in [3.63, 3.8) is 0 Å². The number of azo groups is 1. The van der Waals surface area contributed by atoms with E-state index in [9.17, 15) is 0 Å². The van der Waals surface area contributed by atoms with Gasteiger partial charge in [-0.05, 0) is 38.5 Å². The van der Waals surface area contributed by atoms with Crippen molar-refractivity contribution in [1.29, 1.82) is 0 Å². The number of nitrogens with zero attached hydrogens (tertiary/aromatic N) is 2. The van der Waals surface area contributed by atoms with Gasteiger partial charge in [0.1, 0.15) is 5.75 Å². The van der Waals surface area contributed by atoms with Crippen LogP contribution in [0.25, 0.3) is 0 Å². The molecule has 0 fully saturated rings. The Labute approximate surface area is 109 Å². The Kier molecular flexibility index (Phi) is 7.03. The molecule has 0 aliphatic heterocycles. The second kappa shape index (κ2) is 8.64. The highest BCUT2D eigenvalue weighted by Crippen LogP contribution is 2.20. The van der Waals surface area contributed by atoms with Gasteiger partial charge >= 0.3 is 0 Å². The standard InChI is InChI=1S/C14H22N2O2/c1-4-17-11-10-15-16-12(3)13-6-8-14(9-7-13)18-5-2/h6-9,12H,4-5,10-11H2,1-3H3. The minimum absolute atomic E-state index is 0.0716. The first-order valence-corrected chi connectivity index (χ1v) is 6.45. The molecule has 0 N–H and O–H groups in total. The summed E-state index contributed by atoms with van der Waals surface area (Å²) in [6, 6.07) is 8.05. The molecule has 0 amide bonds. The lowest BCUT2D eigenvalue weighted by Gasteiger charge is -2.07. The summed E-state index contributed by atoms with van der Waals surface area (Å²) in [4.78, 5) is 0. The molecule has 0 saturated heterocycles. The summed E-state index contributed by atoms with van der Waals surface area (Å²) in [7, 11) is 0. The van der Waals surface area contributed by atoms with Gasteiger partial charge in [-0.2, -0.15) is 10.2 Å². The van der Waals surface area contributed by atoms with Crippen LogP contribution >= 0.6 is 0 Å². The Hall–Kier alpha value is -1.42. The number of ether oxygens (including phenoxy) is 2. The first-order chi connectivity index (χ1) is 8.77. The molecule has 0 heterocycles. The largest absolute Gasteiger partial charge is 0.494 e. The molecule has 1 aromatic carbocycles. The summed E-state index contributed by atoms with van der Waals surface area (Å²) in [5.41, 5.74) is 1.14. The molecule has 0 aliphatic carbocycles. The Morgan fingerprint density at radius 3 is 2.44 bits per heavy atom. The predicted molar refractivity (Wildman–Crippen MR) is 72.2 cm³/mol. The van der Waals surface area contributed by atoms with Gasteiger partial charge in [0.05, 0.1) is 25.8 Å². The van der Waals surface area contributed by atoms with Crippen LogP contribution in [0.5, 0.6) is 5.75 Å². The summed E-state index contributed by atoms with van der Waals surface area (Å²) in [6.07, 6.45) is 0. The zero-order valence-electron chi connectivity index (χ0n) is 11.4. The summed E-state index contributed by atoms with van der Waals surface area (Å²) in [5, 5.41) is 8.36. The van der Waals surface area contributed by atoms with Gasteiger partial charge in [0.2, 0.25) is 0 Å². The topological polar surface area (TPSA) is 43.2 Å². The Morgan fingerprint density at radius 2 is 1.83 bits per heavy atom. The van der Waals surface area contributed by atoms with Crippen molar-refractivity contribution >= 4 is 0 Å². The Morgan fingerprint density at radius 1 is 1.11 bits per heavy atom. The molecule has 18 heavy (non-hydrogen) atoms. The molecule has 0 radical (unpaired) electrons. The van der Waals surface area contributed by atoms with E-state index < -0.39 is 0 Å². The highest BCUT2D eigenvalue weighted by molar-refractivity contribution is 5.28. The van der Waals surface area contributed by atoms with Gasteiger partial charge in [-0.25, -0.2) is 0 Å². The number of rotatable bonds is 8. The quantitative estimate of drug-likeness (QED) is 0.522. The lowest BCUT2D eigenvalue weighted by Crippen LogP contribution is -1.97. The van der Waals surface area contributed by atoms with Crippen molar-refractivity contribution in [2.24, 2.45) is 10.2 Å². The highest BCUT2D eigenvalue weighted by Gasteiger charge is 2.03. The zero-order valence-corrected chi connectivity index (χ0v) is 11.4. The third-order valence-corrected chi connectivity index (χ3v) is 2.47. The zero-order chi connectivity index (χ0) is 13.2. The third-order valence-electron chi connectivity index (χ3n) is 2.47. The number of benzene rings is 1. The predicted octanol–water partition coefficient (Wildman–Crippen LogP) is 3.64. The van der Waals surface area contributed by atoms with Gasteiger partial charge in [-0.15, -0.1) is 0 Å². The molecule has 1 unspecified atom stereocenters. The van der Waals surface area contributed by atoms with Gasteiger partial charge in [-0.1, -0.05) is 12.1 Å². The molecule has 100 valence electrons. The minimum Gasteiger partial charge on any atom is -0.494 e. The van der Waals surface area contributed by atoms with Crippen LogP contribution in [0.15, 0.2) is 34.5 Å². The van der Waals surface area contributed by atoms with Crippen LogP contribution < -0.4 is 4.74 Å². The SMILES string of the molecule is CCOCCN=NC(C)c1ccc(OCC)cc1. The van der Waals surface area contributed by atoms with Gasteiger partial charge in [0.25, 0.3) is 0 Å². The molecular weight excluding hydrogens is 228 g/mol. The van der Waals surface area contributed by atoms with Gasteiger partial charge in [0.15, 0.2) is 0 Å². The minimum atomic E-state index is 0.0716. The average Bonchev–Trinajstić information content (AvgIpc) is 2.39. The molecule has 0 saturated carbocycles. The maximum atomic E-state index is 5.40. The second-order valence-electron chi connectivity index (χ2n) is 3.86. The summed E-state index contributed by atoms with van der Waals surface area (Å²) in [5.74, 6) is 0.890. The molecule has 4 nitrogen and oxygen atoms in total. The van der Waals surface area contributed by atoms with Crippen LogP contribution in [0.2, 0.25) is 0 Å². The van der Waals surface area contributed by atoms with Crippen LogP contribution in [0.1, 0.15) is 32.4 Å². The van der Waals surface area contributed by atoms with Gasteiger partial charge in [-0.3, -0.25) is 0 Å². The Bertz CT molecular complexity index is 349. The lowest BCUT2D eigenvalue weighted by molar-refractivity contribution is 0.154. The normalized spacial score (nSPS) is 12.8. The van der Waals surface area contributed by atoms with Crippen LogP contribution in [0.3, 0.4) is 0 Å². The van der Waals surface area contributed by atoms with Crippen LogP contribution in [0.4, 0.5) is 0 Å². The van der Waals surface area contributed by atoms with Crippen molar-refractivity contribution in [3.05, 3.63) is 29.8 Å². The van der Waals surface area contributed by atoms with E-state index in [1.807, 2.05) is 45.0 Å². The maximum absolute atomic E-state index is 5.40. The summed E-state index contributed by atoms with van der Waals surface area (Å²) in [6.45, 7) is 8.64. The number of hydrogen-bond acceptors (Lipinski definition) is 4. The van der Waals surface area contributed by atoms with E-state index in [-0.39, 0.29) is 6.04 Å². The van der Waals surface area contributed by atoms with E-state index >= 15 is 0 Å². The van der Waals surface area contributed by atoms with E-state index in [0.717, 1.165) is 17.9 Å². The van der Waals surface area contributed by atoms with E-state index in [2.05, 4.69) is 10.2 Å². The van der Waals surface area contributed by atoms with Crippen molar-refractivity contribution in [1.82, 2.24) is 0 Å².